The standard InChI is InChI=1S/C14H24N2S/c1-12(2)15-10-14-13(6-9-17-14)11-16-7-4-3-5-8-16/h6,9,12,15H,3-5,7-8,10-11H2,1-2H3. The SMILES string of the molecule is CC(C)NCc1sccc1CN1CCCCC1. The zero-order valence-corrected chi connectivity index (χ0v) is 11.9. The molecule has 1 aliphatic heterocycles. The normalized spacial score (nSPS) is 17.8. The van der Waals surface area contributed by atoms with Crippen molar-refractivity contribution in [2.24, 2.45) is 0 Å². The van der Waals surface area contributed by atoms with Crippen molar-refractivity contribution in [3.05, 3.63) is 21.9 Å². The van der Waals surface area contributed by atoms with Crippen LogP contribution in [0.4, 0.5) is 0 Å². The first-order valence-electron chi connectivity index (χ1n) is 6.76. The molecular weight excluding hydrogens is 228 g/mol. The van der Waals surface area contributed by atoms with Crippen molar-refractivity contribution >= 4 is 11.3 Å². The van der Waals surface area contributed by atoms with E-state index < -0.39 is 0 Å². The third kappa shape index (κ3) is 4.09. The van der Waals surface area contributed by atoms with Crippen LogP contribution in [0.3, 0.4) is 0 Å². The molecule has 1 fully saturated rings. The summed E-state index contributed by atoms with van der Waals surface area (Å²) in [5.74, 6) is 0. The topological polar surface area (TPSA) is 15.3 Å². The minimum absolute atomic E-state index is 0.569. The second-order valence-electron chi connectivity index (χ2n) is 5.24. The van der Waals surface area contributed by atoms with Crippen molar-refractivity contribution in [1.29, 1.82) is 0 Å². The molecule has 0 bridgehead atoms. The summed E-state index contributed by atoms with van der Waals surface area (Å²) in [5.41, 5.74) is 1.53. The molecule has 3 heteroatoms. The zero-order chi connectivity index (χ0) is 12.1. The van der Waals surface area contributed by atoms with Gasteiger partial charge < -0.3 is 5.32 Å². The van der Waals surface area contributed by atoms with Crippen molar-refractivity contribution in [2.45, 2.75) is 52.2 Å². The fourth-order valence-electron chi connectivity index (χ4n) is 2.32. The quantitative estimate of drug-likeness (QED) is 0.865. The fourth-order valence-corrected chi connectivity index (χ4v) is 3.17. The van der Waals surface area contributed by atoms with E-state index in [2.05, 4.69) is 35.5 Å². The zero-order valence-electron chi connectivity index (χ0n) is 11.0. The lowest BCUT2D eigenvalue weighted by Gasteiger charge is -2.26. The molecule has 0 spiro atoms. The summed E-state index contributed by atoms with van der Waals surface area (Å²) >= 11 is 1.89. The highest BCUT2D eigenvalue weighted by molar-refractivity contribution is 7.10. The number of hydrogen-bond acceptors (Lipinski definition) is 3. The lowest BCUT2D eigenvalue weighted by atomic mass is 10.1. The summed E-state index contributed by atoms with van der Waals surface area (Å²) in [6, 6.07) is 2.87. The third-order valence-corrected chi connectivity index (χ3v) is 4.31. The minimum Gasteiger partial charge on any atom is -0.310 e. The van der Waals surface area contributed by atoms with Gasteiger partial charge in [-0.1, -0.05) is 20.3 Å². The van der Waals surface area contributed by atoms with Crippen LogP contribution in [0.2, 0.25) is 0 Å². The average Bonchev–Trinajstić information content (AvgIpc) is 2.75. The molecule has 1 saturated heterocycles. The van der Waals surface area contributed by atoms with E-state index in [0.29, 0.717) is 6.04 Å². The van der Waals surface area contributed by atoms with E-state index >= 15 is 0 Å². The second-order valence-corrected chi connectivity index (χ2v) is 6.24. The van der Waals surface area contributed by atoms with Crippen LogP contribution < -0.4 is 5.32 Å². The lowest BCUT2D eigenvalue weighted by Crippen LogP contribution is -2.29. The van der Waals surface area contributed by atoms with E-state index in [1.165, 1.54) is 42.8 Å². The molecule has 0 aromatic carbocycles. The molecule has 1 aliphatic rings. The smallest absolute Gasteiger partial charge is 0.0305 e. The minimum atomic E-state index is 0.569. The Labute approximate surface area is 109 Å². The molecule has 0 radical (unpaired) electrons. The molecule has 0 atom stereocenters. The fraction of sp³-hybridized carbons (Fsp3) is 0.714. The Balaban J connectivity index is 1.88. The maximum Gasteiger partial charge on any atom is 0.0305 e. The van der Waals surface area contributed by atoms with E-state index in [4.69, 9.17) is 0 Å². The van der Waals surface area contributed by atoms with Gasteiger partial charge in [0.2, 0.25) is 0 Å². The van der Waals surface area contributed by atoms with Gasteiger partial charge in [0.05, 0.1) is 0 Å². The van der Waals surface area contributed by atoms with Gasteiger partial charge in [-0.25, -0.2) is 0 Å². The Kier molecular flexibility index (Phi) is 5.01. The van der Waals surface area contributed by atoms with Crippen LogP contribution in [-0.2, 0) is 13.1 Å². The molecule has 0 aliphatic carbocycles. The van der Waals surface area contributed by atoms with Crippen LogP contribution in [0.25, 0.3) is 0 Å². The van der Waals surface area contributed by atoms with Crippen LogP contribution in [-0.4, -0.2) is 24.0 Å². The van der Waals surface area contributed by atoms with Gasteiger partial charge in [0.25, 0.3) is 0 Å². The van der Waals surface area contributed by atoms with Gasteiger partial charge in [-0.15, -0.1) is 11.3 Å². The Morgan fingerprint density at radius 3 is 2.76 bits per heavy atom. The number of rotatable bonds is 5. The van der Waals surface area contributed by atoms with Crippen LogP contribution in [0, 0.1) is 0 Å². The molecule has 1 aromatic rings. The molecule has 1 aromatic heterocycles. The predicted octanol–water partition coefficient (Wildman–Crippen LogP) is 3.23. The molecular formula is C14H24N2S. The van der Waals surface area contributed by atoms with Gasteiger partial charge in [0.1, 0.15) is 0 Å². The molecule has 2 nitrogen and oxygen atoms in total. The van der Waals surface area contributed by atoms with E-state index in [-0.39, 0.29) is 0 Å². The molecule has 96 valence electrons. The summed E-state index contributed by atoms with van der Waals surface area (Å²) in [6.45, 7) is 9.16. The number of piperidine rings is 1. The Morgan fingerprint density at radius 1 is 1.29 bits per heavy atom. The molecule has 17 heavy (non-hydrogen) atoms. The van der Waals surface area contributed by atoms with Gasteiger partial charge in [0, 0.05) is 24.0 Å². The van der Waals surface area contributed by atoms with Crippen molar-refractivity contribution in [3.8, 4) is 0 Å². The first-order chi connectivity index (χ1) is 8.25. The monoisotopic (exact) mass is 252 g/mol. The van der Waals surface area contributed by atoms with Gasteiger partial charge in [-0.2, -0.15) is 0 Å². The lowest BCUT2D eigenvalue weighted by molar-refractivity contribution is 0.220. The van der Waals surface area contributed by atoms with E-state index in [0.717, 1.165) is 13.1 Å². The van der Waals surface area contributed by atoms with E-state index in [1.807, 2.05) is 11.3 Å². The number of nitrogens with one attached hydrogen (secondary N) is 1. The van der Waals surface area contributed by atoms with Gasteiger partial charge in [0.15, 0.2) is 0 Å². The summed E-state index contributed by atoms with van der Waals surface area (Å²) in [5, 5.41) is 5.75. The Bertz CT molecular complexity index is 327. The first kappa shape index (κ1) is 13.1. The number of nitrogens with zero attached hydrogens (tertiary/aromatic N) is 1. The maximum absolute atomic E-state index is 3.52. The molecule has 0 amide bonds. The van der Waals surface area contributed by atoms with Crippen LogP contribution in [0.5, 0.6) is 0 Å². The van der Waals surface area contributed by atoms with Gasteiger partial charge in [-0.3, -0.25) is 4.90 Å². The molecule has 2 heterocycles. The van der Waals surface area contributed by atoms with Crippen LogP contribution in [0.1, 0.15) is 43.6 Å². The van der Waals surface area contributed by atoms with Crippen molar-refractivity contribution in [3.63, 3.8) is 0 Å². The third-order valence-electron chi connectivity index (χ3n) is 3.35. The summed E-state index contributed by atoms with van der Waals surface area (Å²) in [6.07, 6.45) is 4.18. The van der Waals surface area contributed by atoms with E-state index in [1.54, 1.807) is 0 Å². The Morgan fingerprint density at radius 2 is 2.06 bits per heavy atom. The summed E-state index contributed by atoms with van der Waals surface area (Å²) in [4.78, 5) is 4.12. The van der Waals surface area contributed by atoms with Gasteiger partial charge in [-0.05, 0) is 42.9 Å². The highest BCUT2D eigenvalue weighted by atomic mass is 32.1. The van der Waals surface area contributed by atoms with Crippen molar-refractivity contribution < 1.29 is 0 Å². The maximum atomic E-state index is 3.52. The largest absolute Gasteiger partial charge is 0.310 e. The highest BCUT2D eigenvalue weighted by Gasteiger charge is 2.13. The van der Waals surface area contributed by atoms with Crippen molar-refractivity contribution in [2.75, 3.05) is 13.1 Å². The Hall–Kier alpha value is -0.380. The summed E-state index contributed by atoms with van der Waals surface area (Å²) < 4.78 is 0. The molecule has 0 saturated carbocycles. The number of likely N-dealkylation sites (tertiary alicyclic amines) is 1. The second kappa shape index (κ2) is 6.53. The predicted molar refractivity (Wildman–Crippen MR) is 75.4 cm³/mol. The van der Waals surface area contributed by atoms with E-state index in [9.17, 15) is 0 Å². The molecule has 1 N–H and O–H groups in total. The number of thiophene rings is 1. The van der Waals surface area contributed by atoms with Crippen molar-refractivity contribution in [1.82, 2.24) is 10.2 Å². The van der Waals surface area contributed by atoms with Gasteiger partial charge >= 0.3 is 0 Å². The van der Waals surface area contributed by atoms with Crippen LogP contribution >= 0.6 is 11.3 Å². The van der Waals surface area contributed by atoms with Crippen LogP contribution in [0.15, 0.2) is 11.4 Å². The first-order valence-corrected chi connectivity index (χ1v) is 7.64. The molecule has 2 rings (SSSR count). The summed E-state index contributed by atoms with van der Waals surface area (Å²) in [7, 11) is 0. The molecule has 0 unspecified atom stereocenters. The number of hydrogen-bond donors (Lipinski definition) is 1. The average molecular weight is 252 g/mol. The highest BCUT2D eigenvalue weighted by Crippen LogP contribution is 2.20.